The Morgan fingerprint density at radius 3 is 2.48 bits per heavy atom. The smallest absolute Gasteiger partial charge is 0.322 e. The molecule has 0 bridgehead atoms. The number of aromatic nitrogens is 4. The maximum atomic E-state index is 12.7. The third-order valence-corrected chi connectivity index (χ3v) is 4.35. The average Bonchev–Trinajstić information content (AvgIpc) is 3.04. The lowest BCUT2D eigenvalue weighted by molar-refractivity contribution is 0.538. The number of fused-ring (bicyclic) bond motifs is 1. The van der Waals surface area contributed by atoms with Crippen molar-refractivity contribution in [2.75, 3.05) is 12.5 Å². The summed E-state index contributed by atoms with van der Waals surface area (Å²) in [5.41, 5.74) is 5.30. The number of benzene rings is 1. The molecule has 0 aliphatic heterocycles. The SMILES string of the molecule is CNn1c(=O)[nH]c2cc(C(C)C)c(-c3ccnn3C(C)C)cc2c1=O. The Kier molecular flexibility index (Phi) is 4.24. The zero-order chi connectivity index (χ0) is 18.3. The van der Waals surface area contributed by atoms with Gasteiger partial charge in [0, 0.05) is 24.8 Å². The lowest BCUT2D eigenvalue weighted by atomic mass is 9.93. The second kappa shape index (κ2) is 6.23. The molecule has 2 aromatic heterocycles. The minimum absolute atomic E-state index is 0.199. The van der Waals surface area contributed by atoms with Crippen molar-refractivity contribution < 1.29 is 0 Å². The second-order valence-corrected chi connectivity index (χ2v) is 6.69. The third-order valence-electron chi connectivity index (χ3n) is 4.35. The fraction of sp³-hybridized carbons (Fsp3) is 0.389. The first-order valence-corrected chi connectivity index (χ1v) is 8.39. The van der Waals surface area contributed by atoms with Crippen LogP contribution in [0.25, 0.3) is 22.2 Å². The second-order valence-electron chi connectivity index (χ2n) is 6.69. The molecule has 0 atom stereocenters. The van der Waals surface area contributed by atoms with Crippen LogP contribution in [0.4, 0.5) is 0 Å². The fourth-order valence-electron chi connectivity index (χ4n) is 3.12. The quantitative estimate of drug-likeness (QED) is 0.763. The standard InChI is InChI=1S/C18H23N5O2/c1-10(2)12-9-15-14(17(24)23(19-5)18(25)21-15)8-13(12)16-6-7-20-22(16)11(3)4/h6-11,19H,1-5H3,(H,21,25). The summed E-state index contributed by atoms with van der Waals surface area (Å²) >= 11 is 0. The largest absolute Gasteiger partial charge is 0.347 e. The van der Waals surface area contributed by atoms with Crippen LogP contribution in [0.5, 0.6) is 0 Å². The highest BCUT2D eigenvalue weighted by Gasteiger charge is 2.18. The van der Waals surface area contributed by atoms with E-state index in [0.717, 1.165) is 21.5 Å². The van der Waals surface area contributed by atoms with Gasteiger partial charge in [0.1, 0.15) is 0 Å². The fourth-order valence-corrected chi connectivity index (χ4v) is 3.12. The van der Waals surface area contributed by atoms with Crippen molar-refractivity contribution in [3.63, 3.8) is 0 Å². The Morgan fingerprint density at radius 1 is 1.16 bits per heavy atom. The Bertz CT molecular complexity index is 1040. The Balaban J connectivity index is 2.41. The van der Waals surface area contributed by atoms with E-state index < -0.39 is 5.69 Å². The Hall–Kier alpha value is -2.83. The summed E-state index contributed by atoms with van der Waals surface area (Å²) in [7, 11) is 1.54. The van der Waals surface area contributed by atoms with Crippen LogP contribution < -0.4 is 16.7 Å². The van der Waals surface area contributed by atoms with Gasteiger partial charge in [-0.1, -0.05) is 13.8 Å². The van der Waals surface area contributed by atoms with E-state index in [9.17, 15) is 9.59 Å². The van der Waals surface area contributed by atoms with E-state index in [1.54, 1.807) is 13.2 Å². The molecule has 0 saturated carbocycles. The molecule has 3 aromatic rings. The minimum Gasteiger partial charge on any atom is -0.322 e. The van der Waals surface area contributed by atoms with Gasteiger partial charge in [0.05, 0.1) is 16.6 Å². The van der Waals surface area contributed by atoms with E-state index in [1.165, 1.54) is 0 Å². The summed E-state index contributed by atoms with van der Waals surface area (Å²) in [4.78, 5) is 27.5. The predicted molar refractivity (Wildman–Crippen MR) is 99.8 cm³/mol. The van der Waals surface area contributed by atoms with Crippen LogP contribution in [0.1, 0.15) is 45.2 Å². The molecule has 25 heavy (non-hydrogen) atoms. The lowest BCUT2D eigenvalue weighted by Gasteiger charge is -2.17. The molecule has 0 fully saturated rings. The molecule has 7 heteroatoms. The highest BCUT2D eigenvalue weighted by atomic mass is 16.2. The van der Waals surface area contributed by atoms with Crippen LogP contribution in [0.15, 0.2) is 34.0 Å². The summed E-state index contributed by atoms with van der Waals surface area (Å²) in [5.74, 6) is 0.227. The number of H-pyrrole nitrogens is 1. The summed E-state index contributed by atoms with van der Waals surface area (Å²) in [6, 6.07) is 5.91. The van der Waals surface area contributed by atoms with Gasteiger partial charge in [0.25, 0.3) is 5.56 Å². The summed E-state index contributed by atoms with van der Waals surface area (Å²) < 4.78 is 2.91. The van der Waals surface area contributed by atoms with Gasteiger partial charge < -0.3 is 10.4 Å². The molecule has 0 saturated heterocycles. The molecule has 132 valence electrons. The van der Waals surface area contributed by atoms with Crippen molar-refractivity contribution in [2.45, 2.75) is 39.7 Å². The number of nitrogens with one attached hydrogen (secondary N) is 2. The van der Waals surface area contributed by atoms with Crippen LogP contribution >= 0.6 is 0 Å². The van der Waals surface area contributed by atoms with Crippen LogP contribution in [0, 0.1) is 0 Å². The number of hydrogen-bond acceptors (Lipinski definition) is 4. The van der Waals surface area contributed by atoms with E-state index in [2.05, 4.69) is 43.2 Å². The molecule has 0 unspecified atom stereocenters. The first kappa shape index (κ1) is 17.0. The molecule has 0 spiro atoms. The molecule has 1 aromatic carbocycles. The van der Waals surface area contributed by atoms with E-state index in [1.807, 2.05) is 22.9 Å². The van der Waals surface area contributed by atoms with E-state index >= 15 is 0 Å². The first-order valence-electron chi connectivity index (χ1n) is 8.39. The molecule has 7 nitrogen and oxygen atoms in total. The Morgan fingerprint density at radius 2 is 1.88 bits per heavy atom. The van der Waals surface area contributed by atoms with Crippen LogP contribution in [0.3, 0.4) is 0 Å². The topological polar surface area (TPSA) is 84.7 Å². The highest BCUT2D eigenvalue weighted by Crippen LogP contribution is 2.32. The van der Waals surface area contributed by atoms with Crippen molar-refractivity contribution in [3.05, 3.63) is 50.8 Å². The number of rotatable bonds is 4. The van der Waals surface area contributed by atoms with Gasteiger partial charge in [-0.2, -0.15) is 9.77 Å². The molecule has 2 N–H and O–H groups in total. The normalized spacial score (nSPS) is 11.6. The van der Waals surface area contributed by atoms with Crippen molar-refractivity contribution in [3.8, 4) is 11.3 Å². The predicted octanol–water partition coefficient (Wildman–Crippen LogP) is 2.43. The van der Waals surface area contributed by atoms with E-state index in [-0.39, 0.29) is 17.5 Å². The number of hydrogen-bond donors (Lipinski definition) is 2. The van der Waals surface area contributed by atoms with Gasteiger partial charge in [-0.25, -0.2) is 4.79 Å². The maximum absolute atomic E-state index is 12.7. The number of aromatic amines is 1. The zero-order valence-corrected chi connectivity index (χ0v) is 15.1. The van der Waals surface area contributed by atoms with Crippen molar-refractivity contribution in [2.24, 2.45) is 0 Å². The molecule has 0 aliphatic rings. The highest BCUT2D eigenvalue weighted by molar-refractivity contribution is 5.85. The summed E-state index contributed by atoms with van der Waals surface area (Å²) in [5, 5.41) is 4.87. The molecule has 0 aliphatic carbocycles. The van der Waals surface area contributed by atoms with Crippen molar-refractivity contribution in [1.29, 1.82) is 0 Å². The first-order chi connectivity index (χ1) is 11.8. The number of nitrogens with zero attached hydrogens (tertiary/aromatic N) is 3. The summed E-state index contributed by atoms with van der Waals surface area (Å²) in [6.45, 7) is 8.32. The van der Waals surface area contributed by atoms with Gasteiger partial charge in [-0.05, 0) is 43.5 Å². The molecule has 0 radical (unpaired) electrons. The molecular weight excluding hydrogens is 318 g/mol. The molecule has 2 heterocycles. The van der Waals surface area contributed by atoms with Gasteiger partial charge >= 0.3 is 5.69 Å². The monoisotopic (exact) mass is 341 g/mol. The Labute approximate surface area is 145 Å². The zero-order valence-electron chi connectivity index (χ0n) is 15.1. The molecule has 3 rings (SSSR count). The third kappa shape index (κ3) is 2.75. The van der Waals surface area contributed by atoms with E-state index in [4.69, 9.17) is 0 Å². The van der Waals surface area contributed by atoms with Gasteiger partial charge in [0.15, 0.2) is 0 Å². The van der Waals surface area contributed by atoms with Crippen molar-refractivity contribution >= 4 is 10.9 Å². The van der Waals surface area contributed by atoms with Gasteiger partial charge in [-0.3, -0.25) is 9.48 Å². The van der Waals surface area contributed by atoms with Crippen molar-refractivity contribution in [1.82, 2.24) is 19.4 Å². The molecule has 0 amide bonds. The van der Waals surface area contributed by atoms with Gasteiger partial charge in [-0.15, -0.1) is 0 Å². The van der Waals surface area contributed by atoms with Gasteiger partial charge in [0.2, 0.25) is 0 Å². The lowest BCUT2D eigenvalue weighted by Crippen LogP contribution is -2.39. The maximum Gasteiger partial charge on any atom is 0.347 e. The van der Waals surface area contributed by atoms with Crippen LogP contribution in [-0.4, -0.2) is 26.5 Å². The molecular formula is C18H23N5O2. The van der Waals surface area contributed by atoms with Crippen LogP contribution in [-0.2, 0) is 0 Å². The van der Waals surface area contributed by atoms with E-state index in [0.29, 0.717) is 10.9 Å². The minimum atomic E-state index is -0.477. The van der Waals surface area contributed by atoms with Crippen LogP contribution in [0.2, 0.25) is 0 Å². The average molecular weight is 341 g/mol. The summed E-state index contributed by atoms with van der Waals surface area (Å²) in [6.07, 6.45) is 1.77.